The van der Waals surface area contributed by atoms with E-state index in [-0.39, 0.29) is 17.4 Å². The Hall–Kier alpha value is -3.22. The Morgan fingerprint density at radius 3 is 2.20 bits per heavy atom. The molecule has 0 atom stereocenters. The summed E-state index contributed by atoms with van der Waals surface area (Å²) in [6.07, 6.45) is 15.4. The third kappa shape index (κ3) is 6.91. The minimum atomic E-state index is -0.501. The molecule has 3 aromatic rings. The summed E-state index contributed by atoms with van der Waals surface area (Å²) in [7, 11) is 0. The van der Waals surface area contributed by atoms with E-state index in [1.54, 1.807) is 12.1 Å². The third-order valence-electron chi connectivity index (χ3n) is 8.73. The molecule has 7 heteroatoms. The summed E-state index contributed by atoms with van der Waals surface area (Å²) >= 11 is 0. The van der Waals surface area contributed by atoms with Gasteiger partial charge >= 0.3 is 0 Å². The van der Waals surface area contributed by atoms with Gasteiger partial charge in [0, 0.05) is 25.0 Å². The van der Waals surface area contributed by atoms with Gasteiger partial charge in [-0.15, -0.1) is 0 Å². The molecule has 214 valence electrons. The molecule has 0 radical (unpaired) electrons. The fourth-order valence-corrected chi connectivity index (χ4v) is 6.66. The van der Waals surface area contributed by atoms with Gasteiger partial charge in [0.2, 0.25) is 5.91 Å². The van der Waals surface area contributed by atoms with Gasteiger partial charge in [-0.1, -0.05) is 69.2 Å². The maximum Gasteiger partial charge on any atom is 0.254 e. The number of unbranched alkanes of at least 4 members (excludes halogenated alkanes) is 2. The van der Waals surface area contributed by atoms with Crippen LogP contribution < -0.4 is 5.32 Å². The number of aryl methyl sites for hydroxylation is 1. The largest absolute Gasteiger partial charge is 0.352 e. The van der Waals surface area contributed by atoms with Crippen LogP contribution in [0, 0.1) is 5.82 Å². The summed E-state index contributed by atoms with van der Waals surface area (Å²) in [4.78, 5) is 33.5. The summed E-state index contributed by atoms with van der Waals surface area (Å²) in [6, 6.07) is 14.9. The van der Waals surface area contributed by atoms with E-state index in [9.17, 15) is 14.0 Å². The predicted octanol–water partition coefficient (Wildman–Crippen LogP) is 6.81. The van der Waals surface area contributed by atoms with Crippen LogP contribution in [0.3, 0.4) is 0 Å². The van der Waals surface area contributed by atoms with Gasteiger partial charge in [0.1, 0.15) is 18.2 Å². The molecule has 0 bridgehead atoms. The number of rotatable bonds is 11. The molecule has 2 aromatic carbocycles. The molecule has 40 heavy (non-hydrogen) atoms. The van der Waals surface area contributed by atoms with Crippen molar-refractivity contribution in [1.82, 2.24) is 19.8 Å². The fourth-order valence-electron chi connectivity index (χ4n) is 6.66. The van der Waals surface area contributed by atoms with E-state index < -0.39 is 5.82 Å². The standard InChI is InChI=1S/C33H43FN4O2/c34-28-19-10-9-18-27(28)33(40)35-23-13-3-8-22-31-36-29-20-11-12-21-30(29)37(31)24-32(39)38(25-14-4-1-5-15-25)26-16-6-2-7-17-26/h9-12,18-21,25-26H,1-8,13-17,22-24H2,(H,35,40). The number of benzene rings is 2. The highest BCUT2D eigenvalue weighted by atomic mass is 19.1. The first-order valence-electron chi connectivity index (χ1n) is 15.4. The van der Waals surface area contributed by atoms with Crippen molar-refractivity contribution in [3.05, 3.63) is 65.7 Å². The van der Waals surface area contributed by atoms with Crippen molar-refractivity contribution in [3.8, 4) is 0 Å². The number of aromatic nitrogens is 2. The number of fused-ring (bicyclic) bond motifs is 1. The minimum Gasteiger partial charge on any atom is -0.352 e. The number of carbonyl (C=O) groups excluding carboxylic acids is 2. The normalized spacial score (nSPS) is 16.7. The van der Waals surface area contributed by atoms with Crippen LogP contribution in [0.4, 0.5) is 4.39 Å². The predicted molar refractivity (Wildman–Crippen MR) is 157 cm³/mol. The summed E-state index contributed by atoms with van der Waals surface area (Å²) < 4.78 is 16.0. The average Bonchev–Trinajstić information content (AvgIpc) is 3.33. The molecule has 1 aromatic heterocycles. The number of nitrogens with zero attached hydrogens (tertiary/aromatic N) is 3. The Balaban J connectivity index is 1.21. The van der Waals surface area contributed by atoms with Gasteiger partial charge in [0.15, 0.2) is 0 Å². The van der Waals surface area contributed by atoms with E-state index >= 15 is 0 Å². The molecule has 2 amide bonds. The molecular weight excluding hydrogens is 503 g/mol. The van der Waals surface area contributed by atoms with Gasteiger partial charge in [-0.05, 0) is 62.8 Å². The maximum absolute atomic E-state index is 14.0. The summed E-state index contributed by atoms with van der Waals surface area (Å²) in [5, 5.41) is 2.82. The van der Waals surface area contributed by atoms with Gasteiger partial charge < -0.3 is 14.8 Å². The molecule has 0 spiro atoms. The third-order valence-corrected chi connectivity index (χ3v) is 8.73. The fraction of sp³-hybridized carbons (Fsp3) is 0.545. The van der Waals surface area contributed by atoms with Crippen LogP contribution in [0.2, 0.25) is 0 Å². The second-order valence-electron chi connectivity index (χ2n) is 11.5. The van der Waals surface area contributed by atoms with Crippen LogP contribution in [-0.2, 0) is 17.8 Å². The minimum absolute atomic E-state index is 0.0800. The lowest BCUT2D eigenvalue weighted by Crippen LogP contribution is -2.50. The summed E-state index contributed by atoms with van der Waals surface area (Å²) in [5.74, 6) is 0.328. The lowest BCUT2D eigenvalue weighted by atomic mass is 9.88. The highest BCUT2D eigenvalue weighted by Crippen LogP contribution is 2.31. The number of carbonyl (C=O) groups is 2. The lowest BCUT2D eigenvalue weighted by Gasteiger charge is -2.42. The van der Waals surface area contributed by atoms with Crippen LogP contribution >= 0.6 is 0 Å². The zero-order valence-electron chi connectivity index (χ0n) is 23.6. The molecule has 0 saturated heterocycles. The van der Waals surface area contributed by atoms with Crippen LogP contribution in [-0.4, -0.2) is 44.9 Å². The Kier molecular flexibility index (Phi) is 9.85. The van der Waals surface area contributed by atoms with E-state index in [0.717, 1.165) is 68.2 Å². The van der Waals surface area contributed by atoms with Gasteiger partial charge in [0.05, 0.1) is 16.6 Å². The van der Waals surface area contributed by atoms with Gasteiger partial charge in [-0.2, -0.15) is 0 Å². The quantitative estimate of drug-likeness (QED) is 0.269. The van der Waals surface area contributed by atoms with E-state index in [1.807, 2.05) is 18.2 Å². The Morgan fingerprint density at radius 1 is 0.850 bits per heavy atom. The van der Waals surface area contributed by atoms with Crippen molar-refractivity contribution in [2.24, 2.45) is 0 Å². The van der Waals surface area contributed by atoms with Crippen molar-refractivity contribution in [2.45, 2.75) is 109 Å². The lowest BCUT2D eigenvalue weighted by molar-refractivity contribution is -0.138. The van der Waals surface area contributed by atoms with Crippen molar-refractivity contribution in [3.63, 3.8) is 0 Å². The number of nitrogens with one attached hydrogen (secondary N) is 1. The van der Waals surface area contributed by atoms with Crippen LogP contribution in [0.5, 0.6) is 0 Å². The van der Waals surface area contributed by atoms with E-state index in [4.69, 9.17) is 4.98 Å². The first-order valence-corrected chi connectivity index (χ1v) is 15.4. The van der Waals surface area contributed by atoms with Crippen LogP contribution in [0.1, 0.15) is 99.7 Å². The van der Waals surface area contributed by atoms with Crippen molar-refractivity contribution < 1.29 is 14.0 Å². The molecule has 2 fully saturated rings. The summed E-state index contributed by atoms with van der Waals surface area (Å²) in [5.41, 5.74) is 2.04. The SMILES string of the molecule is O=C(NCCCCCc1nc2ccccc2n1CC(=O)N(C1CCCCC1)C1CCCCC1)c1ccccc1F. The average molecular weight is 547 g/mol. The monoisotopic (exact) mass is 546 g/mol. The summed E-state index contributed by atoms with van der Waals surface area (Å²) in [6.45, 7) is 0.849. The van der Waals surface area contributed by atoms with E-state index in [2.05, 4.69) is 20.9 Å². The molecule has 2 saturated carbocycles. The number of hydrogen-bond acceptors (Lipinski definition) is 3. The van der Waals surface area contributed by atoms with Crippen molar-refractivity contribution >= 4 is 22.8 Å². The van der Waals surface area contributed by atoms with Gasteiger partial charge in [-0.3, -0.25) is 9.59 Å². The zero-order valence-corrected chi connectivity index (χ0v) is 23.6. The zero-order chi connectivity index (χ0) is 27.7. The van der Waals surface area contributed by atoms with Crippen LogP contribution in [0.15, 0.2) is 48.5 Å². The number of para-hydroxylation sites is 2. The Morgan fingerprint density at radius 2 is 1.50 bits per heavy atom. The molecule has 5 rings (SSSR count). The van der Waals surface area contributed by atoms with E-state index in [1.165, 1.54) is 50.7 Å². The smallest absolute Gasteiger partial charge is 0.254 e. The Labute approximate surface area is 237 Å². The first-order chi connectivity index (χ1) is 19.6. The van der Waals surface area contributed by atoms with Gasteiger partial charge in [0.25, 0.3) is 5.91 Å². The Bertz CT molecular complexity index is 1260. The van der Waals surface area contributed by atoms with Gasteiger partial charge in [-0.25, -0.2) is 9.37 Å². The first kappa shape index (κ1) is 28.3. The van der Waals surface area contributed by atoms with E-state index in [0.29, 0.717) is 25.2 Å². The molecule has 6 nitrogen and oxygen atoms in total. The molecule has 2 aliphatic carbocycles. The highest BCUT2D eigenvalue weighted by molar-refractivity contribution is 5.94. The molecular formula is C33H43FN4O2. The number of imidazole rings is 1. The second kappa shape index (κ2) is 13.9. The van der Waals surface area contributed by atoms with Crippen LogP contribution in [0.25, 0.3) is 11.0 Å². The van der Waals surface area contributed by atoms with Crippen molar-refractivity contribution in [1.29, 1.82) is 0 Å². The molecule has 0 unspecified atom stereocenters. The maximum atomic E-state index is 14.0. The molecule has 2 aliphatic rings. The number of hydrogen-bond donors (Lipinski definition) is 1. The second-order valence-corrected chi connectivity index (χ2v) is 11.5. The molecule has 1 N–H and O–H groups in total. The topological polar surface area (TPSA) is 67.2 Å². The molecule has 0 aliphatic heterocycles. The highest BCUT2D eigenvalue weighted by Gasteiger charge is 2.33. The number of halogens is 1. The van der Waals surface area contributed by atoms with Crippen molar-refractivity contribution in [2.75, 3.05) is 6.54 Å². The molecule has 1 heterocycles. The number of amides is 2.